The smallest absolute Gasteiger partial charge is 0.322 e. The maximum absolute atomic E-state index is 12.1. The third kappa shape index (κ3) is 9.38. The second kappa shape index (κ2) is 11.0. The first kappa shape index (κ1) is 21.3. The van der Waals surface area contributed by atoms with Crippen molar-refractivity contribution in [2.24, 2.45) is 0 Å². The number of carboxylic acids is 1. The highest BCUT2D eigenvalue weighted by molar-refractivity contribution is 5.90. The molecule has 0 aromatic heterocycles. The van der Waals surface area contributed by atoms with Crippen molar-refractivity contribution in [2.45, 2.75) is 12.5 Å². The SMILES string of the molecule is O=C(O)CNC(=O)CNC(=O)CNC(=O)C(Cc1ccccc1)N[N+](=O)[O-]. The van der Waals surface area contributed by atoms with Crippen LogP contribution in [0.25, 0.3) is 0 Å². The minimum atomic E-state index is -1.23. The Labute approximate surface area is 153 Å². The number of benzene rings is 1. The molecule has 1 rings (SSSR count). The van der Waals surface area contributed by atoms with E-state index >= 15 is 0 Å². The highest BCUT2D eigenvalue weighted by atomic mass is 16.7. The summed E-state index contributed by atoms with van der Waals surface area (Å²) in [6.45, 7) is -1.56. The predicted molar refractivity (Wildman–Crippen MR) is 90.7 cm³/mol. The molecule has 3 amide bonds. The Morgan fingerprint density at radius 3 is 2.07 bits per heavy atom. The van der Waals surface area contributed by atoms with Crippen LogP contribution in [0.2, 0.25) is 0 Å². The summed E-state index contributed by atoms with van der Waals surface area (Å²) in [5.41, 5.74) is 2.57. The molecule has 0 saturated heterocycles. The van der Waals surface area contributed by atoms with Crippen LogP contribution in [0.1, 0.15) is 5.56 Å². The number of amides is 3. The van der Waals surface area contributed by atoms with Crippen LogP contribution >= 0.6 is 0 Å². The molecule has 1 aromatic rings. The van der Waals surface area contributed by atoms with E-state index in [1.807, 2.05) is 10.7 Å². The van der Waals surface area contributed by atoms with Crippen molar-refractivity contribution in [1.82, 2.24) is 21.4 Å². The molecular weight excluding hydrogens is 362 g/mol. The number of hydrogen-bond donors (Lipinski definition) is 5. The third-order valence-electron chi connectivity index (χ3n) is 3.17. The fourth-order valence-electron chi connectivity index (χ4n) is 1.94. The lowest BCUT2D eigenvalue weighted by Gasteiger charge is -2.14. The van der Waals surface area contributed by atoms with Gasteiger partial charge in [-0.3, -0.25) is 19.2 Å². The molecule has 5 N–H and O–H groups in total. The van der Waals surface area contributed by atoms with E-state index in [2.05, 4.69) is 10.6 Å². The lowest BCUT2D eigenvalue weighted by molar-refractivity contribution is -0.548. The van der Waals surface area contributed by atoms with E-state index in [1.54, 1.807) is 30.3 Å². The van der Waals surface area contributed by atoms with Gasteiger partial charge in [0.15, 0.2) is 11.1 Å². The number of nitrogens with zero attached hydrogens (tertiary/aromatic N) is 1. The highest BCUT2D eigenvalue weighted by Gasteiger charge is 2.23. The summed E-state index contributed by atoms with van der Waals surface area (Å²) in [6.07, 6.45) is 0.0346. The van der Waals surface area contributed by atoms with Crippen LogP contribution < -0.4 is 21.4 Å². The minimum Gasteiger partial charge on any atom is -0.480 e. The summed E-state index contributed by atoms with van der Waals surface area (Å²) in [6, 6.07) is 7.40. The molecule has 0 aliphatic heterocycles. The van der Waals surface area contributed by atoms with Crippen molar-refractivity contribution in [3.63, 3.8) is 0 Å². The molecule has 0 aliphatic rings. The van der Waals surface area contributed by atoms with Gasteiger partial charge in [0.2, 0.25) is 17.7 Å². The van der Waals surface area contributed by atoms with E-state index in [0.29, 0.717) is 5.56 Å². The Balaban J connectivity index is 2.45. The predicted octanol–water partition coefficient (Wildman–Crippen LogP) is -2.19. The van der Waals surface area contributed by atoms with Crippen LogP contribution in [0.3, 0.4) is 0 Å². The molecule has 12 nitrogen and oxygen atoms in total. The van der Waals surface area contributed by atoms with Crippen molar-refractivity contribution in [3.05, 3.63) is 46.0 Å². The van der Waals surface area contributed by atoms with Crippen molar-refractivity contribution < 1.29 is 29.3 Å². The van der Waals surface area contributed by atoms with E-state index in [4.69, 9.17) is 5.11 Å². The van der Waals surface area contributed by atoms with Crippen molar-refractivity contribution in [1.29, 1.82) is 0 Å². The quantitative estimate of drug-likeness (QED) is 0.212. The summed E-state index contributed by atoms with van der Waals surface area (Å²) in [5.74, 6) is -3.42. The summed E-state index contributed by atoms with van der Waals surface area (Å²) < 4.78 is 0. The minimum absolute atomic E-state index is 0.0346. The Morgan fingerprint density at radius 2 is 1.52 bits per heavy atom. The van der Waals surface area contributed by atoms with Crippen LogP contribution in [0.4, 0.5) is 0 Å². The highest BCUT2D eigenvalue weighted by Crippen LogP contribution is 2.03. The molecule has 27 heavy (non-hydrogen) atoms. The molecule has 0 saturated carbocycles. The Morgan fingerprint density at radius 1 is 0.963 bits per heavy atom. The maximum atomic E-state index is 12.1. The molecule has 0 bridgehead atoms. The van der Waals surface area contributed by atoms with Gasteiger partial charge in [-0.2, -0.15) is 0 Å². The zero-order valence-electron chi connectivity index (χ0n) is 14.1. The molecule has 0 radical (unpaired) electrons. The molecule has 0 spiro atoms. The molecule has 12 heteroatoms. The fraction of sp³-hybridized carbons (Fsp3) is 0.333. The molecule has 1 aromatic carbocycles. The second-order valence-electron chi connectivity index (χ2n) is 5.29. The first-order chi connectivity index (χ1) is 12.8. The maximum Gasteiger partial charge on any atom is 0.322 e. The summed E-state index contributed by atoms with van der Waals surface area (Å²) in [4.78, 5) is 55.9. The average Bonchev–Trinajstić information content (AvgIpc) is 2.62. The Hall–Kier alpha value is -3.70. The molecule has 1 atom stereocenters. The number of aliphatic carboxylic acids is 1. The van der Waals surface area contributed by atoms with Crippen LogP contribution in [0.15, 0.2) is 30.3 Å². The number of hydrogen-bond acceptors (Lipinski definition) is 6. The molecular formula is C15H19N5O7. The number of hydrazine groups is 1. The van der Waals surface area contributed by atoms with Crippen molar-refractivity contribution >= 4 is 23.7 Å². The first-order valence-corrected chi connectivity index (χ1v) is 7.75. The van der Waals surface area contributed by atoms with Crippen LogP contribution in [0.5, 0.6) is 0 Å². The lowest BCUT2D eigenvalue weighted by Crippen LogP contribution is -2.50. The van der Waals surface area contributed by atoms with E-state index in [-0.39, 0.29) is 6.42 Å². The number of rotatable bonds is 11. The van der Waals surface area contributed by atoms with Gasteiger partial charge in [-0.15, -0.1) is 5.43 Å². The van der Waals surface area contributed by atoms with E-state index < -0.39 is 54.4 Å². The van der Waals surface area contributed by atoms with E-state index in [9.17, 15) is 29.3 Å². The summed E-state index contributed by atoms with van der Waals surface area (Å²) in [5, 5.41) is 24.7. The molecule has 0 heterocycles. The van der Waals surface area contributed by atoms with Crippen LogP contribution in [-0.2, 0) is 25.6 Å². The monoisotopic (exact) mass is 381 g/mol. The summed E-state index contributed by atoms with van der Waals surface area (Å²) in [7, 11) is 0. The van der Waals surface area contributed by atoms with Crippen molar-refractivity contribution in [2.75, 3.05) is 19.6 Å². The lowest BCUT2D eigenvalue weighted by atomic mass is 10.1. The van der Waals surface area contributed by atoms with Gasteiger partial charge >= 0.3 is 5.97 Å². The standard InChI is InChI=1S/C15H19N5O7/c21-12(17-9-14(23)24)7-16-13(22)8-18-15(25)11(19-20(26)27)6-10-4-2-1-3-5-10/h1-5,11,19H,6-9H2,(H,16,22)(H,17,21)(H,18,25)(H,23,24). The Kier molecular flexibility index (Phi) is 8.71. The largest absolute Gasteiger partial charge is 0.480 e. The summed E-state index contributed by atoms with van der Waals surface area (Å²) >= 11 is 0. The average molecular weight is 381 g/mol. The molecule has 146 valence electrons. The van der Waals surface area contributed by atoms with Gasteiger partial charge in [0.25, 0.3) is 0 Å². The number of carboxylic acid groups (broad SMARTS) is 1. The number of carbonyl (C=O) groups excluding carboxylic acids is 3. The van der Waals surface area contributed by atoms with E-state index in [1.165, 1.54) is 0 Å². The normalized spacial score (nSPS) is 11.0. The van der Waals surface area contributed by atoms with Gasteiger partial charge in [-0.1, -0.05) is 30.3 Å². The van der Waals surface area contributed by atoms with Crippen LogP contribution in [0, 0.1) is 10.1 Å². The zero-order chi connectivity index (χ0) is 20.2. The van der Waals surface area contributed by atoms with Crippen molar-refractivity contribution in [3.8, 4) is 0 Å². The fourth-order valence-corrected chi connectivity index (χ4v) is 1.94. The molecule has 1 unspecified atom stereocenters. The van der Waals surface area contributed by atoms with E-state index in [0.717, 1.165) is 0 Å². The van der Waals surface area contributed by atoms with Crippen LogP contribution in [-0.4, -0.2) is 59.5 Å². The number of nitro groups is 1. The molecule has 0 aliphatic carbocycles. The zero-order valence-corrected chi connectivity index (χ0v) is 14.1. The first-order valence-electron chi connectivity index (χ1n) is 7.75. The third-order valence-corrected chi connectivity index (χ3v) is 3.17. The number of nitrogens with one attached hydrogen (secondary N) is 4. The molecule has 0 fully saturated rings. The van der Waals surface area contributed by atoms with Gasteiger partial charge in [-0.25, -0.2) is 10.1 Å². The Bertz CT molecular complexity index is 695. The van der Waals surface area contributed by atoms with Gasteiger partial charge in [-0.05, 0) is 5.56 Å². The number of carbonyl (C=O) groups is 4. The van der Waals surface area contributed by atoms with Gasteiger partial charge in [0.05, 0.1) is 13.1 Å². The van der Waals surface area contributed by atoms with Gasteiger partial charge in [0, 0.05) is 6.42 Å². The second-order valence-corrected chi connectivity index (χ2v) is 5.29. The topological polar surface area (TPSA) is 180 Å². The van der Waals surface area contributed by atoms with Gasteiger partial charge < -0.3 is 21.1 Å². The van der Waals surface area contributed by atoms with Gasteiger partial charge in [0.1, 0.15) is 6.54 Å².